The summed E-state index contributed by atoms with van der Waals surface area (Å²) < 4.78 is 5.03. The molecule has 0 spiro atoms. The standard InChI is InChI=1S/C14H21NO4/c1-10-4-3-5-11(10)12(16)15-7-6-14(8-15,9-19-2)13(17)18/h3-9H2,1-2H3,(H,17,18). The van der Waals surface area contributed by atoms with Gasteiger partial charge in [-0.15, -0.1) is 0 Å². The molecule has 1 amide bonds. The Morgan fingerprint density at radius 3 is 2.68 bits per heavy atom. The van der Waals surface area contributed by atoms with Crippen LogP contribution in [0.3, 0.4) is 0 Å². The fraction of sp³-hybridized carbons (Fsp3) is 0.714. The number of ether oxygens (including phenoxy) is 1. The van der Waals surface area contributed by atoms with Gasteiger partial charge in [0.25, 0.3) is 0 Å². The number of rotatable bonds is 4. The lowest BCUT2D eigenvalue weighted by Crippen LogP contribution is -2.40. The molecule has 1 fully saturated rings. The number of carboxylic acid groups (broad SMARTS) is 1. The zero-order valence-corrected chi connectivity index (χ0v) is 11.6. The topological polar surface area (TPSA) is 66.8 Å². The Hall–Kier alpha value is -1.36. The summed E-state index contributed by atoms with van der Waals surface area (Å²) in [5.74, 6) is -0.851. The van der Waals surface area contributed by atoms with Gasteiger partial charge in [-0.05, 0) is 32.6 Å². The van der Waals surface area contributed by atoms with Gasteiger partial charge in [0.1, 0.15) is 5.41 Å². The van der Waals surface area contributed by atoms with E-state index in [9.17, 15) is 14.7 Å². The highest BCUT2D eigenvalue weighted by atomic mass is 16.5. The van der Waals surface area contributed by atoms with E-state index in [-0.39, 0.29) is 19.1 Å². The summed E-state index contributed by atoms with van der Waals surface area (Å²) >= 11 is 0. The lowest BCUT2D eigenvalue weighted by atomic mass is 9.88. The van der Waals surface area contributed by atoms with Gasteiger partial charge in [-0.2, -0.15) is 0 Å². The van der Waals surface area contributed by atoms with Crippen molar-refractivity contribution in [2.45, 2.75) is 32.6 Å². The zero-order valence-electron chi connectivity index (χ0n) is 11.6. The molecule has 1 saturated heterocycles. The third kappa shape index (κ3) is 2.52. The van der Waals surface area contributed by atoms with E-state index in [1.54, 1.807) is 4.90 Å². The van der Waals surface area contributed by atoms with Gasteiger partial charge < -0.3 is 14.7 Å². The monoisotopic (exact) mass is 267 g/mol. The molecular weight excluding hydrogens is 246 g/mol. The molecule has 0 aromatic carbocycles. The van der Waals surface area contributed by atoms with Crippen molar-refractivity contribution in [1.29, 1.82) is 0 Å². The van der Waals surface area contributed by atoms with Crippen LogP contribution in [0, 0.1) is 5.41 Å². The first kappa shape index (κ1) is 14.1. The lowest BCUT2D eigenvalue weighted by Gasteiger charge is -2.24. The van der Waals surface area contributed by atoms with Gasteiger partial charge in [-0.3, -0.25) is 9.59 Å². The largest absolute Gasteiger partial charge is 0.481 e. The quantitative estimate of drug-likeness (QED) is 0.837. The van der Waals surface area contributed by atoms with Crippen LogP contribution in [0.2, 0.25) is 0 Å². The third-order valence-electron chi connectivity index (χ3n) is 4.27. The molecule has 2 aliphatic rings. The number of carbonyl (C=O) groups is 2. The zero-order chi connectivity index (χ0) is 14.0. The fourth-order valence-corrected chi connectivity index (χ4v) is 3.05. The maximum atomic E-state index is 12.4. The molecule has 1 heterocycles. The van der Waals surface area contributed by atoms with Crippen molar-refractivity contribution < 1.29 is 19.4 Å². The highest BCUT2D eigenvalue weighted by Gasteiger charge is 2.46. The van der Waals surface area contributed by atoms with Crippen molar-refractivity contribution in [2.75, 3.05) is 26.8 Å². The number of hydrogen-bond donors (Lipinski definition) is 1. The number of carboxylic acids is 1. The van der Waals surface area contributed by atoms with Gasteiger partial charge in [0.15, 0.2) is 0 Å². The molecule has 1 aliphatic heterocycles. The van der Waals surface area contributed by atoms with Crippen LogP contribution >= 0.6 is 0 Å². The average Bonchev–Trinajstić information content (AvgIpc) is 2.96. The minimum atomic E-state index is -0.933. The summed E-state index contributed by atoms with van der Waals surface area (Å²) in [6.07, 6.45) is 3.31. The predicted molar refractivity (Wildman–Crippen MR) is 69.7 cm³/mol. The first-order valence-electron chi connectivity index (χ1n) is 6.70. The number of methoxy groups -OCH3 is 1. The number of allylic oxidation sites excluding steroid dienone is 1. The molecule has 0 aromatic rings. The molecule has 0 saturated carbocycles. The van der Waals surface area contributed by atoms with E-state index < -0.39 is 11.4 Å². The molecule has 106 valence electrons. The Labute approximate surface area is 113 Å². The van der Waals surface area contributed by atoms with Crippen LogP contribution in [-0.4, -0.2) is 48.7 Å². The van der Waals surface area contributed by atoms with Crippen molar-refractivity contribution in [3.8, 4) is 0 Å². The summed E-state index contributed by atoms with van der Waals surface area (Å²) in [6, 6.07) is 0. The fourth-order valence-electron chi connectivity index (χ4n) is 3.05. The molecule has 19 heavy (non-hydrogen) atoms. The number of nitrogens with zero attached hydrogens (tertiary/aromatic N) is 1. The minimum Gasteiger partial charge on any atom is -0.481 e. The van der Waals surface area contributed by atoms with E-state index in [0.29, 0.717) is 13.0 Å². The molecular formula is C14H21NO4. The van der Waals surface area contributed by atoms with Crippen LogP contribution in [-0.2, 0) is 14.3 Å². The van der Waals surface area contributed by atoms with Crippen LogP contribution in [0.25, 0.3) is 0 Å². The van der Waals surface area contributed by atoms with Crippen molar-refractivity contribution >= 4 is 11.9 Å². The van der Waals surface area contributed by atoms with Crippen LogP contribution < -0.4 is 0 Å². The Morgan fingerprint density at radius 2 is 2.16 bits per heavy atom. The second kappa shape index (κ2) is 5.33. The molecule has 5 nitrogen and oxygen atoms in total. The summed E-state index contributed by atoms with van der Waals surface area (Å²) in [7, 11) is 1.50. The summed E-state index contributed by atoms with van der Waals surface area (Å²) in [6.45, 7) is 2.91. The van der Waals surface area contributed by atoms with E-state index in [1.165, 1.54) is 7.11 Å². The first-order chi connectivity index (χ1) is 9.00. The van der Waals surface area contributed by atoms with Crippen LogP contribution in [0.5, 0.6) is 0 Å². The van der Waals surface area contributed by atoms with Gasteiger partial charge in [-0.1, -0.05) is 5.57 Å². The van der Waals surface area contributed by atoms with E-state index in [0.717, 1.165) is 30.4 Å². The first-order valence-corrected chi connectivity index (χ1v) is 6.70. The van der Waals surface area contributed by atoms with Crippen LogP contribution in [0.4, 0.5) is 0 Å². The number of likely N-dealkylation sites (tertiary alicyclic amines) is 1. The highest BCUT2D eigenvalue weighted by Crippen LogP contribution is 2.34. The van der Waals surface area contributed by atoms with Gasteiger partial charge in [-0.25, -0.2) is 0 Å². The summed E-state index contributed by atoms with van der Waals surface area (Å²) in [4.78, 5) is 25.5. The maximum absolute atomic E-state index is 12.4. The molecule has 0 bridgehead atoms. The number of carbonyl (C=O) groups excluding carboxylic acids is 1. The minimum absolute atomic E-state index is 0.0224. The second-order valence-electron chi connectivity index (χ2n) is 5.61. The molecule has 0 radical (unpaired) electrons. The molecule has 1 N–H and O–H groups in total. The third-order valence-corrected chi connectivity index (χ3v) is 4.27. The van der Waals surface area contributed by atoms with Gasteiger partial charge in [0, 0.05) is 25.8 Å². The normalized spacial score (nSPS) is 27.2. The smallest absolute Gasteiger partial charge is 0.313 e. The van der Waals surface area contributed by atoms with E-state index >= 15 is 0 Å². The molecule has 0 aromatic heterocycles. The van der Waals surface area contributed by atoms with Gasteiger partial charge in [0.05, 0.1) is 6.61 Å². The Balaban J connectivity index is 2.11. The molecule has 1 aliphatic carbocycles. The number of aliphatic carboxylic acids is 1. The van der Waals surface area contributed by atoms with Crippen molar-refractivity contribution in [2.24, 2.45) is 5.41 Å². The predicted octanol–water partition coefficient (Wildman–Crippen LogP) is 1.44. The van der Waals surface area contributed by atoms with Gasteiger partial charge >= 0.3 is 5.97 Å². The SMILES string of the molecule is COCC1(C(=O)O)CCN(C(=O)C2=C(C)CCC2)C1. The second-order valence-corrected chi connectivity index (χ2v) is 5.61. The molecule has 1 unspecified atom stereocenters. The van der Waals surface area contributed by atoms with E-state index in [4.69, 9.17) is 4.74 Å². The van der Waals surface area contributed by atoms with Crippen LogP contribution in [0.1, 0.15) is 32.6 Å². The maximum Gasteiger partial charge on any atom is 0.313 e. The number of amides is 1. The molecule has 5 heteroatoms. The van der Waals surface area contributed by atoms with Crippen molar-refractivity contribution in [1.82, 2.24) is 4.90 Å². The van der Waals surface area contributed by atoms with E-state index in [1.807, 2.05) is 6.92 Å². The van der Waals surface area contributed by atoms with Crippen molar-refractivity contribution in [3.05, 3.63) is 11.1 Å². The number of hydrogen-bond acceptors (Lipinski definition) is 3. The average molecular weight is 267 g/mol. The van der Waals surface area contributed by atoms with Crippen LogP contribution in [0.15, 0.2) is 11.1 Å². The van der Waals surface area contributed by atoms with Crippen molar-refractivity contribution in [3.63, 3.8) is 0 Å². The van der Waals surface area contributed by atoms with Gasteiger partial charge in [0.2, 0.25) is 5.91 Å². The Morgan fingerprint density at radius 1 is 1.42 bits per heavy atom. The molecule has 1 atom stereocenters. The lowest BCUT2D eigenvalue weighted by molar-refractivity contribution is -0.151. The Kier molecular flexibility index (Phi) is 3.94. The summed E-state index contributed by atoms with van der Waals surface area (Å²) in [5.41, 5.74) is 1.11. The summed E-state index contributed by atoms with van der Waals surface area (Å²) in [5, 5.41) is 9.38. The molecule has 2 rings (SSSR count). The van der Waals surface area contributed by atoms with E-state index in [2.05, 4.69) is 0 Å². The highest BCUT2D eigenvalue weighted by molar-refractivity contribution is 5.95. The Bertz CT molecular complexity index is 429.